The summed E-state index contributed by atoms with van der Waals surface area (Å²) in [6.07, 6.45) is -0.0816. The Kier molecular flexibility index (Phi) is 6.39. The van der Waals surface area contributed by atoms with Crippen LogP contribution in [-0.4, -0.2) is 23.5 Å². The van der Waals surface area contributed by atoms with Crippen molar-refractivity contribution >= 4 is 17.6 Å². The molecule has 0 saturated heterocycles. The lowest BCUT2D eigenvalue weighted by molar-refractivity contribution is -0.136. The maximum Gasteiger partial charge on any atom is 0.305 e. The van der Waals surface area contributed by atoms with Crippen molar-refractivity contribution in [2.24, 2.45) is 0 Å². The molecule has 0 fully saturated rings. The number of carbonyl (C=O) groups excluding carboxylic acids is 1. The van der Waals surface area contributed by atoms with Gasteiger partial charge in [0.2, 0.25) is 0 Å². The van der Waals surface area contributed by atoms with E-state index >= 15 is 0 Å². The van der Waals surface area contributed by atoms with Crippen LogP contribution in [0.5, 0.6) is 0 Å². The normalized spacial score (nSPS) is 11.0. The fourth-order valence-corrected chi connectivity index (χ4v) is 2.45. The van der Waals surface area contributed by atoms with Crippen LogP contribution < -0.4 is 10.6 Å². The summed E-state index contributed by atoms with van der Waals surface area (Å²) in [7, 11) is 0. The maximum absolute atomic E-state index is 11.9. The summed E-state index contributed by atoms with van der Waals surface area (Å²) in [6.45, 7) is 7.36. The van der Waals surface area contributed by atoms with E-state index in [2.05, 4.69) is 55.7 Å². The first kappa shape index (κ1) is 19.5. The van der Waals surface area contributed by atoms with Crippen LogP contribution in [0.4, 0.5) is 5.69 Å². The van der Waals surface area contributed by atoms with E-state index in [-0.39, 0.29) is 24.3 Å². The maximum atomic E-state index is 11.9. The summed E-state index contributed by atoms with van der Waals surface area (Å²) < 4.78 is 0. The number of carboxylic acid groups (broad SMARTS) is 1. The molecule has 0 aliphatic rings. The highest BCUT2D eigenvalue weighted by Crippen LogP contribution is 2.23. The van der Waals surface area contributed by atoms with Gasteiger partial charge in [-0.05, 0) is 40.8 Å². The van der Waals surface area contributed by atoms with Crippen LogP contribution in [0.1, 0.15) is 48.7 Å². The van der Waals surface area contributed by atoms with Gasteiger partial charge < -0.3 is 15.7 Å². The molecule has 0 unspecified atom stereocenters. The van der Waals surface area contributed by atoms with Gasteiger partial charge in [-0.15, -0.1) is 0 Å². The van der Waals surface area contributed by atoms with Crippen molar-refractivity contribution in [1.29, 1.82) is 0 Å². The minimum atomic E-state index is -0.928. The van der Waals surface area contributed by atoms with Crippen LogP contribution in [-0.2, 0) is 16.8 Å². The van der Waals surface area contributed by atoms with Crippen molar-refractivity contribution in [3.8, 4) is 0 Å². The molecule has 138 valence electrons. The van der Waals surface area contributed by atoms with E-state index in [4.69, 9.17) is 5.11 Å². The van der Waals surface area contributed by atoms with Gasteiger partial charge in [-0.1, -0.05) is 45.0 Å². The molecule has 2 rings (SSSR count). The molecule has 0 saturated carbocycles. The van der Waals surface area contributed by atoms with Crippen molar-refractivity contribution in [3.05, 3.63) is 65.2 Å². The molecular formula is C21H26N2O3. The monoisotopic (exact) mass is 354 g/mol. The highest BCUT2D eigenvalue weighted by molar-refractivity contribution is 5.94. The van der Waals surface area contributed by atoms with Crippen LogP contribution in [0.15, 0.2) is 48.5 Å². The summed E-state index contributed by atoms with van der Waals surface area (Å²) in [5, 5.41) is 14.5. The van der Waals surface area contributed by atoms with Gasteiger partial charge in [-0.25, -0.2) is 0 Å². The molecule has 3 N–H and O–H groups in total. The number of aliphatic carboxylic acids is 1. The summed E-state index contributed by atoms with van der Waals surface area (Å²) in [5.74, 6) is -1.19. The summed E-state index contributed by atoms with van der Waals surface area (Å²) in [6, 6.07) is 15.7. The highest BCUT2D eigenvalue weighted by atomic mass is 16.4. The molecule has 0 atom stereocenters. The number of nitrogens with one attached hydrogen (secondary N) is 2. The third-order valence-corrected chi connectivity index (χ3v) is 4.09. The first-order valence-corrected chi connectivity index (χ1v) is 8.69. The fourth-order valence-electron chi connectivity index (χ4n) is 2.45. The van der Waals surface area contributed by atoms with E-state index in [9.17, 15) is 9.59 Å². The Morgan fingerprint density at radius 1 is 0.962 bits per heavy atom. The van der Waals surface area contributed by atoms with Crippen molar-refractivity contribution < 1.29 is 14.7 Å². The average Bonchev–Trinajstić information content (AvgIpc) is 2.59. The number of anilines is 1. The van der Waals surface area contributed by atoms with Gasteiger partial charge in [0, 0.05) is 24.3 Å². The van der Waals surface area contributed by atoms with Crippen molar-refractivity contribution in [2.45, 2.75) is 39.2 Å². The first-order chi connectivity index (χ1) is 12.3. The second-order valence-electron chi connectivity index (χ2n) is 7.28. The van der Waals surface area contributed by atoms with Crippen LogP contribution in [0.25, 0.3) is 0 Å². The van der Waals surface area contributed by atoms with Crippen LogP contribution >= 0.6 is 0 Å². The number of rotatable bonds is 7. The predicted molar refractivity (Wildman–Crippen MR) is 103 cm³/mol. The molecule has 0 aromatic heterocycles. The van der Waals surface area contributed by atoms with Crippen LogP contribution in [0.3, 0.4) is 0 Å². The van der Waals surface area contributed by atoms with E-state index in [0.29, 0.717) is 12.1 Å². The topological polar surface area (TPSA) is 78.4 Å². The van der Waals surface area contributed by atoms with Gasteiger partial charge in [0.05, 0.1) is 6.42 Å². The predicted octanol–water partition coefficient (Wildman–Crippen LogP) is 3.80. The number of carbonyl (C=O) groups is 2. The molecule has 26 heavy (non-hydrogen) atoms. The smallest absolute Gasteiger partial charge is 0.305 e. The number of hydrogen-bond donors (Lipinski definition) is 3. The minimum Gasteiger partial charge on any atom is -0.481 e. The molecule has 0 aliphatic heterocycles. The van der Waals surface area contributed by atoms with Gasteiger partial charge in [0.1, 0.15) is 0 Å². The third kappa shape index (κ3) is 5.92. The zero-order valence-electron chi connectivity index (χ0n) is 15.5. The molecule has 0 bridgehead atoms. The van der Waals surface area contributed by atoms with Gasteiger partial charge in [0.15, 0.2) is 0 Å². The minimum absolute atomic E-state index is 0.0816. The molecule has 5 heteroatoms. The van der Waals surface area contributed by atoms with Gasteiger partial charge in [-0.2, -0.15) is 0 Å². The Labute approximate surface area is 154 Å². The largest absolute Gasteiger partial charge is 0.481 e. The second kappa shape index (κ2) is 8.52. The van der Waals surface area contributed by atoms with Gasteiger partial charge in [0.25, 0.3) is 5.91 Å². The van der Waals surface area contributed by atoms with Crippen LogP contribution in [0, 0.1) is 0 Å². The zero-order chi connectivity index (χ0) is 19.2. The van der Waals surface area contributed by atoms with E-state index in [1.165, 1.54) is 5.56 Å². The van der Waals surface area contributed by atoms with Crippen LogP contribution in [0.2, 0.25) is 0 Å². The standard InChI is InChI=1S/C21H26N2O3/c1-21(2,3)17-8-10-18(11-9-17)23-14-15-4-6-16(7-5-15)20(26)22-13-12-19(24)25/h4-11,23H,12-14H2,1-3H3,(H,22,26)(H,24,25). The van der Waals surface area contributed by atoms with Gasteiger partial charge in [-0.3, -0.25) is 9.59 Å². The molecule has 5 nitrogen and oxygen atoms in total. The Bertz CT molecular complexity index is 744. The third-order valence-electron chi connectivity index (χ3n) is 4.09. The van der Waals surface area contributed by atoms with E-state index in [0.717, 1.165) is 11.3 Å². The number of benzene rings is 2. The second-order valence-corrected chi connectivity index (χ2v) is 7.28. The number of amides is 1. The summed E-state index contributed by atoms with van der Waals surface area (Å²) in [5.41, 5.74) is 4.06. The quantitative estimate of drug-likeness (QED) is 0.707. The van der Waals surface area contributed by atoms with Crippen molar-refractivity contribution in [3.63, 3.8) is 0 Å². The molecular weight excluding hydrogens is 328 g/mol. The lowest BCUT2D eigenvalue weighted by Crippen LogP contribution is -2.25. The molecule has 0 aliphatic carbocycles. The molecule has 0 spiro atoms. The molecule has 1 amide bonds. The summed E-state index contributed by atoms with van der Waals surface area (Å²) >= 11 is 0. The van der Waals surface area contributed by atoms with E-state index in [1.807, 2.05) is 12.1 Å². The van der Waals surface area contributed by atoms with Crippen molar-refractivity contribution in [2.75, 3.05) is 11.9 Å². The van der Waals surface area contributed by atoms with E-state index in [1.54, 1.807) is 12.1 Å². The SMILES string of the molecule is CC(C)(C)c1ccc(NCc2ccc(C(=O)NCCC(=O)O)cc2)cc1. The lowest BCUT2D eigenvalue weighted by Gasteiger charge is -2.19. The Morgan fingerprint density at radius 2 is 1.58 bits per heavy atom. The molecule has 2 aromatic carbocycles. The fraction of sp³-hybridized carbons (Fsp3) is 0.333. The molecule has 0 radical (unpaired) electrons. The molecule has 2 aromatic rings. The number of hydrogen-bond acceptors (Lipinski definition) is 3. The lowest BCUT2D eigenvalue weighted by atomic mass is 9.87. The first-order valence-electron chi connectivity index (χ1n) is 8.69. The average molecular weight is 354 g/mol. The Balaban J connectivity index is 1.87. The highest BCUT2D eigenvalue weighted by Gasteiger charge is 2.12. The summed E-state index contributed by atoms with van der Waals surface area (Å²) in [4.78, 5) is 22.4. The Hall–Kier alpha value is -2.82. The van der Waals surface area contributed by atoms with Gasteiger partial charge >= 0.3 is 5.97 Å². The van der Waals surface area contributed by atoms with Crippen molar-refractivity contribution in [1.82, 2.24) is 5.32 Å². The zero-order valence-corrected chi connectivity index (χ0v) is 15.5. The number of carboxylic acids is 1. The molecule has 0 heterocycles. The Morgan fingerprint density at radius 3 is 2.12 bits per heavy atom. The van der Waals surface area contributed by atoms with E-state index < -0.39 is 5.97 Å².